The summed E-state index contributed by atoms with van der Waals surface area (Å²) in [5.41, 5.74) is 0. The number of nitrogens with one attached hydrogen (secondary N) is 1. The van der Waals surface area contributed by atoms with E-state index in [0.717, 1.165) is 6.07 Å². The Labute approximate surface area is 99.0 Å². The van der Waals surface area contributed by atoms with Gasteiger partial charge in [-0.15, -0.1) is 11.6 Å². The molecule has 1 aromatic carbocycles. The zero-order chi connectivity index (χ0) is 12.0. The second-order valence-corrected chi connectivity index (χ2v) is 4.95. The van der Waals surface area contributed by atoms with Gasteiger partial charge < -0.3 is 0 Å². The van der Waals surface area contributed by atoms with Gasteiger partial charge in [0.15, 0.2) is 0 Å². The Bertz CT molecular complexity index is 473. The fourth-order valence-electron chi connectivity index (χ4n) is 1.04. The first-order valence-corrected chi connectivity index (χ1v) is 6.55. The molecule has 1 rings (SSSR count). The third kappa shape index (κ3) is 3.59. The van der Waals surface area contributed by atoms with Gasteiger partial charge in [0.25, 0.3) is 0 Å². The number of rotatable bonds is 5. The van der Waals surface area contributed by atoms with Crippen LogP contribution in [0.1, 0.15) is 0 Å². The minimum absolute atomic E-state index is 0.0867. The predicted molar refractivity (Wildman–Crippen MR) is 61.4 cm³/mol. The molecule has 0 heterocycles. The molecule has 0 aromatic heterocycles. The van der Waals surface area contributed by atoms with E-state index in [1.807, 2.05) is 0 Å². The summed E-state index contributed by atoms with van der Waals surface area (Å²) < 4.78 is 38.6. The number of hydrogen-bond acceptors (Lipinski definition) is 2. The summed E-state index contributed by atoms with van der Waals surface area (Å²) in [5.74, 6) is -0.460. The van der Waals surface area contributed by atoms with E-state index >= 15 is 0 Å². The summed E-state index contributed by atoms with van der Waals surface area (Å²) in [6, 6.07) is 5.21. The average molecular weight is 264 g/mol. The normalized spacial score (nSPS) is 12.1. The standard InChI is InChI=1S/C10H11ClFNO2S/c11-7-3-4-8-13-16(14,15)10-6-2-1-5-9(10)12/h1-6,13H,7-8H2/b4-3+. The topological polar surface area (TPSA) is 46.2 Å². The molecular weight excluding hydrogens is 253 g/mol. The third-order valence-electron chi connectivity index (χ3n) is 1.77. The molecule has 0 unspecified atom stereocenters. The fraction of sp³-hybridized carbons (Fsp3) is 0.200. The number of hydrogen-bond donors (Lipinski definition) is 1. The van der Waals surface area contributed by atoms with Crippen LogP contribution in [0.3, 0.4) is 0 Å². The first-order valence-electron chi connectivity index (χ1n) is 4.53. The second kappa shape index (κ2) is 5.98. The molecule has 0 fully saturated rings. The molecule has 0 atom stereocenters. The lowest BCUT2D eigenvalue weighted by Crippen LogP contribution is -2.24. The summed E-state index contributed by atoms with van der Waals surface area (Å²) >= 11 is 5.37. The van der Waals surface area contributed by atoms with Crippen LogP contribution >= 0.6 is 11.6 Å². The molecule has 3 nitrogen and oxygen atoms in total. The smallest absolute Gasteiger partial charge is 0.207 e. The highest BCUT2D eigenvalue weighted by Crippen LogP contribution is 2.12. The summed E-state index contributed by atoms with van der Waals surface area (Å²) in [5, 5.41) is 0. The van der Waals surface area contributed by atoms with E-state index in [9.17, 15) is 12.8 Å². The Hall–Kier alpha value is -0.910. The molecule has 88 valence electrons. The van der Waals surface area contributed by atoms with Crippen molar-refractivity contribution in [2.75, 3.05) is 12.4 Å². The van der Waals surface area contributed by atoms with Crippen LogP contribution in [0.15, 0.2) is 41.3 Å². The lowest BCUT2D eigenvalue weighted by atomic mass is 10.4. The highest BCUT2D eigenvalue weighted by molar-refractivity contribution is 7.89. The van der Waals surface area contributed by atoms with Gasteiger partial charge in [0, 0.05) is 12.4 Å². The highest BCUT2D eigenvalue weighted by Gasteiger charge is 2.16. The van der Waals surface area contributed by atoms with Gasteiger partial charge in [-0.3, -0.25) is 0 Å². The van der Waals surface area contributed by atoms with Gasteiger partial charge in [0.1, 0.15) is 10.7 Å². The fourth-order valence-corrected chi connectivity index (χ4v) is 2.22. The molecule has 0 aliphatic heterocycles. The van der Waals surface area contributed by atoms with Crippen LogP contribution in [-0.2, 0) is 10.0 Å². The Morgan fingerprint density at radius 3 is 2.62 bits per heavy atom. The van der Waals surface area contributed by atoms with Gasteiger partial charge >= 0.3 is 0 Å². The summed E-state index contributed by atoms with van der Waals surface area (Å²) in [6.45, 7) is 0.0867. The molecule has 0 saturated carbocycles. The van der Waals surface area contributed by atoms with Gasteiger partial charge in [-0.1, -0.05) is 24.3 Å². The first-order chi connectivity index (χ1) is 7.58. The lowest BCUT2D eigenvalue weighted by Gasteiger charge is -2.04. The summed E-state index contributed by atoms with van der Waals surface area (Å²) in [7, 11) is -3.79. The number of halogens is 2. The second-order valence-electron chi connectivity index (χ2n) is 2.91. The number of benzene rings is 1. The third-order valence-corrected chi connectivity index (χ3v) is 3.41. The van der Waals surface area contributed by atoms with Crippen molar-refractivity contribution in [2.24, 2.45) is 0 Å². The van der Waals surface area contributed by atoms with Gasteiger partial charge in [-0.25, -0.2) is 17.5 Å². The molecule has 0 spiro atoms. The zero-order valence-corrected chi connectivity index (χ0v) is 9.93. The van der Waals surface area contributed by atoms with E-state index in [2.05, 4.69) is 4.72 Å². The molecule has 0 radical (unpaired) electrons. The maximum absolute atomic E-state index is 13.2. The maximum atomic E-state index is 13.2. The Balaban J connectivity index is 2.79. The van der Waals surface area contributed by atoms with Gasteiger partial charge in [0.05, 0.1) is 0 Å². The monoisotopic (exact) mass is 263 g/mol. The minimum Gasteiger partial charge on any atom is -0.207 e. The van der Waals surface area contributed by atoms with Crippen LogP contribution in [0, 0.1) is 5.82 Å². The van der Waals surface area contributed by atoms with E-state index in [-0.39, 0.29) is 11.4 Å². The van der Waals surface area contributed by atoms with Crippen molar-refractivity contribution in [3.8, 4) is 0 Å². The van der Waals surface area contributed by atoms with Crippen molar-refractivity contribution in [1.82, 2.24) is 4.72 Å². The Kier molecular flexibility index (Phi) is 4.92. The molecule has 0 bridgehead atoms. The van der Waals surface area contributed by atoms with Crippen molar-refractivity contribution in [1.29, 1.82) is 0 Å². The zero-order valence-electron chi connectivity index (χ0n) is 8.36. The predicted octanol–water partition coefficient (Wildman–Crippen LogP) is 1.90. The van der Waals surface area contributed by atoms with Crippen molar-refractivity contribution in [3.05, 3.63) is 42.2 Å². The number of allylic oxidation sites excluding steroid dienone is 1. The van der Waals surface area contributed by atoms with Crippen LogP contribution in [0.2, 0.25) is 0 Å². The number of alkyl halides is 1. The summed E-state index contributed by atoms with van der Waals surface area (Å²) in [4.78, 5) is -0.353. The molecule has 6 heteroatoms. The molecular formula is C10H11ClFNO2S. The molecule has 0 aliphatic carbocycles. The lowest BCUT2D eigenvalue weighted by molar-refractivity contribution is 0.560. The van der Waals surface area contributed by atoms with E-state index < -0.39 is 15.8 Å². The van der Waals surface area contributed by atoms with Crippen LogP contribution in [0.25, 0.3) is 0 Å². The SMILES string of the molecule is O=S(=O)(NC/C=C/CCl)c1ccccc1F. The largest absolute Gasteiger partial charge is 0.243 e. The molecule has 16 heavy (non-hydrogen) atoms. The molecule has 1 aromatic rings. The van der Waals surface area contributed by atoms with Crippen LogP contribution < -0.4 is 4.72 Å². The molecule has 1 N–H and O–H groups in total. The summed E-state index contributed by atoms with van der Waals surface area (Å²) in [6.07, 6.45) is 3.16. The number of sulfonamides is 1. The Morgan fingerprint density at radius 1 is 1.31 bits per heavy atom. The van der Waals surface area contributed by atoms with Crippen LogP contribution in [0.5, 0.6) is 0 Å². The highest BCUT2D eigenvalue weighted by atomic mass is 35.5. The van der Waals surface area contributed by atoms with Crippen molar-refractivity contribution < 1.29 is 12.8 Å². The van der Waals surface area contributed by atoms with Crippen LogP contribution in [0.4, 0.5) is 4.39 Å². The first kappa shape index (κ1) is 13.2. The van der Waals surface area contributed by atoms with E-state index in [4.69, 9.17) is 11.6 Å². The van der Waals surface area contributed by atoms with E-state index in [1.54, 1.807) is 12.2 Å². The molecule has 0 saturated heterocycles. The van der Waals surface area contributed by atoms with Crippen molar-refractivity contribution >= 4 is 21.6 Å². The average Bonchev–Trinajstić information content (AvgIpc) is 2.25. The van der Waals surface area contributed by atoms with E-state index in [1.165, 1.54) is 18.2 Å². The van der Waals surface area contributed by atoms with Crippen molar-refractivity contribution in [2.45, 2.75) is 4.90 Å². The van der Waals surface area contributed by atoms with Gasteiger partial charge in [0.2, 0.25) is 10.0 Å². The molecule has 0 aliphatic rings. The van der Waals surface area contributed by atoms with Crippen molar-refractivity contribution in [3.63, 3.8) is 0 Å². The minimum atomic E-state index is -3.79. The van der Waals surface area contributed by atoms with Gasteiger partial charge in [-0.2, -0.15) is 0 Å². The molecule has 0 amide bonds. The Morgan fingerprint density at radius 2 is 2.00 bits per heavy atom. The maximum Gasteiger partial charge on any atom is 0.243 e. The van der Waals surface area contributed by atoms with E-state index in [0.29, 0.717) is 5.88 Å². The van der Waals surface area contributed by atoms with Gasteiger partial charge in [-0.05, 0) is 12.1 Å². The quantitative estimate of drug-likeness (QED) is 0.651. The van der Waals surface area contributed by atoms with Crippen LogP contribution in [-0.4, -0.2) is 20.8 Å².